The molecule has 28 heavy (non-hydrogen) atoms. The van der Waals surface area contributed by atoms with Crippen molar-refractivity contribution in [1.82, 2.24) is 19.9 Å². The average Bonchev–Trinajstić information content (AvgIpc) is 3.14. The van der Waals surface area contributed by atoms with Crippen LogP contribution in [-0.2, 0) is 6.54 Å². The van der Waals surface area contributed by atoms with E-state index >= 15 is 0 Å². The molecule has 0 fully saturated rings. The highest BCUT2D eigenvalue weighted by Gasteiger charge is 2.12. The first kappa shape index (κ1) is 18.2. The average molecular weight is 371 g/mol. The molecule has 0 aliphatic carbocycles. The lowest BCUT2D eigenvalue weighted by atomic mass is 10.1. The summed E-state index contributed by atoms with van der Waals surface area (Å²) in [6, 6.07) is 21.3. The molecule has 0 spiro atoms. The van der Waals surface area contributed by atoms with E-state index in [2.05, 4.69) is 101 Å². The lowest BCUT2D eigenvalue weighted by molar-refractivity contribution is 0.402. The minimum atomic E-state index is 0.156. The van der Waals surface area contributed by atoms with Crippen molar-refractivity contribution in [3.63, 3.8) is 0 Å². The SMILES string of the molecule is C[C@@H](Nc1ncnc2[nH]c(-c3ccc(CN(C)C)cc3)cc12)c1ccccc1. The minimum Gasteiger partial charge on any atom is -0.363 e. The molecule has 2 aromatic heterocycles. The lowest BCUT2D eigenvalue weighted by Gasteiger charge is -2.15. The Bertz CT molecular complexity index is 1050. The van der Waals surface area contributed by atoms with Gasteiger partial charge in [0.15, 0.2) is 0 Å². The van der Waals surface area contributed by atoms with E-state index in [1.807, 2.05) is 6.07 Å². The highest BCUT2D eigenvalue weighted by molar-refractivity contribution is 5.91. The fraction of sp³-hybridized carbons (Fsp3) is 0.217. The molecule has 0 unspecified atom stereocenters. The molecule has 0 saturated heterocycles. The zero-order valence-corrected chi connectivity index (χ0v) is 16.5. The van der Waals surface area contributed by atoms with E-state index in [1.54, 1.807) is 6.33 Å². The molecule has 142 valence electrons. The van der Waals surface area contributed by atoms with Gasteiger partial charge in [0.1, 0.15) is 17.8 Å². The first-order chi connectivity index (χ1) is 13.6. The van der Waals surface area contributed by atoms with Crippen LogP contribution in [0.25, 0.3) is 22.3 Å². The fourth-order valence-corrected chi connectivity index (χ4v) is 3.40. The molecule has 0 aliphatic rings. The Morgan fingerprint density at radius 2 is 1.75 bits per heavy atom. The molecular formula is C23H25N5. The topological polar surface area (TPSA) is 56.8 Å². The third-order valence-electron chi connectivity index (χ3n) is 4.84. The second-order valence-electron chi connectivity index (χ2n) is 7.38. The van der Waals surface area contributed by atoms with Crippen LogP contribution in [0.5, 0.6) is 0 Å². The molecule has 2 heterocycles. The Balaban J connectivity index is 1.62. The summed E-state index contributed by atoms with van der Waals surface area (Å²) in [7, 11) is 4.16. The van der Waals surface area contributed by atoms with Gasteiger partial charge >= 0.3 is 0 Å². The summed E-state index contributed by atoms with van der Waals surface area (Å²) in [5, 5.41) is 4.52. The van der Waals surface area contributed by atoms with Gasteiger partial charge in [-0.05, 0) is 43.8 Å². The molecule has 4 aromatic rings. The number of nitrogens with one attached hydrogen (secondary N) is 2. The Morgan fingerprint density at radius 1 is 1.00 bits per heavy atom. The maximum Gasteiger partial charge on any atom is 0.143 e. The first-order valence-electron chi connectivity index (χ1n) is 9.49. The molecule has 1 atom stereocenters. The Kier molecular flexibility index (Phi) is 5.08. The van der Waals surface area contributed by atoms with Crippen LogP contribution in [0.15, 0.2) is 67.0 Å². The van der Waals surface area contributed by atoms with E-state index < -0.39 is 0 Å². The largest absolute Gasteiger partial charge is 0.363 e. The van der Waals surface area contributed by atoms with Crippen LogP contribution in [0, 0.1) is 0 Å². The Hall–Kier alpha value is -3.18. The van der Waals surface area contributed by atoms with Crippen molar-refractivity contribution >= 4 is 16.9 Å². The van der Waals surface area contributed by atoms with Gasteiger partial charge in [-0.15, -0.1) is 0 Å². The first-order valence-corrected chi connectivity index (χ1v) is 9.49. The van der Waals surface area contributed by atoms with Crippen molar-refractivity contribution in [1.29, 1.82) is 0 Å². The number of aromatic nitrogens is 3. The Morgan fingerprint density at radius 3 is 2.46 bits per heavy atom. The highest BCUT2D eigenvalue weighted by atomic mass is 15.1. The molecular weight excluding hydrogens is 346 g/mol. The maximum atomic E-state index is 4.48. The van der Waals surface area contributed by atoms with Gasteiger partial charge in [0, 0.05) is 18.3 Å². The van der Waals surface area contributed by atoms with Crippen LogP contribution in [0.1, 0.15) is 24.1 Å². The van der Waals surface area contributed by atoms with Gasteiger partial charge in [0.05, 0.1) is 5.39 Å². The minimum absolute atomic E-state index is 0.156. The van der Waals surface area contributed by atoms with E-state index in [9.17, 15) is 0 Å². The molecule has 0 saturated carbocycles. The van der Waals surface area contributed by atoms with Crippen molar-refractivity contribution in [2.45, 2.75) is 19.5 Å². The normalized spacial score (nSPS) is 12.4. The molecule has 0 radical (unpaired) electrons. The van der Waals surface area contributed by atoms with E-state index in [4.69, 9.17) is 0 Å². The molecule has 5 heteroatoms. The molecule has 0 aliphatic heterocycles. The third kappa shape index (κ3) is 3.89. The second-order valence-corrected chi connectivity index (χ2v) is 7.38. The highest BCUT2D eigenvalue weighted by Crippen LogP contribution is 2.29. The summed E-state index contributed by atoms with van der Waals surface area (Å²) in [5.74, 6) is 0.841. The number of aromatic amines is 1. The summed E-state index contributed by atoms with van der Waals surface area (Å²) >= 11 is 0. The molecule has 5 nitrogen and oxygen atoms in total. The monoisotopic (exact) mass is 371 g/mol. The van der Waals surface area contributed by atoms with Gasteiger partial charge < -0.3 is 15.2 Å². The van der Waals surface area contributed by atoms with Crippen LogP contribution in [0.4, 0.5) is 5.82 Å². The zero-order chi connectivity index (χ0) is 19.5. The van der Waals surface area contributed by atoms with Crippen molar-refractivity contribution in [3.05, 3.63) is 78.1 Å². The number of rotatable bonds is 6. The van der Waals surface area contributed by atoms with Crippen LogP contribution in [0.3, 0.4) is 0 Å². The molecule has 2 N–H and O–H groups in total. The summed E-state index contributed by atoms with van der Waals surface area (Å²) in [6.07, 6.45) is 1.60. The van der Waals surface area contributed by atoms with Crippen LogP contribution in [-0.4, -0.2) is 33.9 Å². The lowest BCUT2D eigenvalue weighted by Crippen LogP contribution is -2.10. The zero-order valence-electron chi connectivity index (χ0n) is 16.5. The number of hydrogen-bond donors (Lipinski definition) is 2. The number of nitrogens with zero attached hydrogens (tertiary/aromatic N) is 3. The van der Waals surface area contributed by atoms with Gasteiger partial charge in [0.2, 0.25) is 0 Å². The quantitative estimate of drug-likeness (QED) is 0.508. The number of anilines is 1. The predicted molar refractivity (Wildman–Crippen MR) is 115 cm³/mol. The molecule has 0 bridgehead atoms. The van der Waals surface area contributed by atoms with Crippen molar-refractivity contribution < 1.29 is 0 Å². The summed E-state index contributed by atoms with van der Waals surface area (Å²) in [6.45, 7) is 3.07. The standard InChI is InChI=1S/C23H25N5/c1-16(18-7-5-4-6-8-18)26-22-20-13-21(27-23(20)25-15-24-22)19-11-9-17(10-12-19)14-28(2)3/h4-13,15-16H,14H2,1-3H3,(H2,24,25,26,27)/t16-/m1/s1. The van der Waals surface area contributed by atoms with Crippen LogP contribution in [0.2, 0.25) is 0 Å². The maximum absolute atomic E-state index is 4.48. The van der Waals surface area contributed by atoms with Crippen LogP contribution < -0.4 is 5.32 Å². The van der Waals surface area contributed by atoms with E-state index in [-0.39, 0.29) is 6.04 Å². The van der Waals surface area contributed by atoms with Gasteiger partial charge in [-0.2, -0.15) is 0 Å². The van der Waals surface area contributed by atoms with Crippen molar-refractivity contribution in [2.24, 2.45) is 0 Å². The van der Waals surface area contributed by atoms with Crippen molar-refractivity contribution in [2.75, 3.05) is 19.4 Å². The van der Waals surface area contributed by atoms with E-state index in [0.29, 0.717) is 0 Å². The molecule has 4 rings (SSSR count). The van der Waals surface area contributed by atoms with E-state index in [0.717, 1.165) is 34.7 Å². The predicted octanol–water partition coefficient (Wildman–Crippen LogP) is 4.86. The fourth-order valence-electron chi connectivity index (χ4n) is 3.40. The summed E-state index contributed by atoms with van der Waals surface area (Å²) in [5.41, 5.74) is 5.54. The third-order valence-corrected chi connectivity index (χ3v) is 4.84. The van der Waals surface area contributed by atoms with Gasteiger partial charge in [0.25, 0.3) is 0 Å². The number of H-pyrrole nitrogens is 1. The van der Waals surface area contributed by atoms with Crippen LogP contribution >= 0.6 is 0 Å². The summed E-state index contributed by atoms with van der Waals surface area (Å²) < 4.78 is 0. The molecule has 0 amide bonds. The van der Waals surface area contributed by atoms with Gasteiger partial charge in [-0.25, -0.2) is 9.97 Å². The number of hydrogen-bond acceptors (Lipinski definition) is 4. The number of fused-ring (bicyclic) bond motifs is 1. The molecule has 2 aromatic carbocycles. The van der Waals surface area contributed by atoms with Crippen molar-refractivity contribution in [3.8, 4) is 11.3 Å². The van der Waals surface area contributed by atoms with Gasteiger partial charge in [-0.1, -0.05) is 54.6 Å². The number of benzene rings is 2. The van der Waals surface area contributed by atoms with E-state index in [1.165, 1.54) is 11.1 Å². The second kappa shape index (κ2) is 7.82. The Labute approximate surface area is 165 Å². The van der Waals surface area contributed by atoms with Gasteiger partial charge in [-0.3, -0.25) is 0 Å². The summed E-state index contributed by atoms with van der Waals surface area (Å²) in [4.78, 5) is 14.5. The smallest absolute Gasteiger partial charge is 0.143 e.